The first kappa shape index (κ1) is 17.8. The van der Waals surface area contributed by atoms with E-state index < -0.39 is 0 Å². The number of amides is 1. The predicted octanol–water partition coefficient (Wildman–Crippen LogP) is 4.67. The molecule has 2 saturated carbocycles. The first-order chi connectivity index (χ1) is 13.6. The molecule has 6 heteroatoms. The fourth-order valence-electron chi connectivity index (χ4n) is 5.95. The van der Waals surface area contributed by atoms with Crippen molar-refractivity contribution in [2.75, 3.05) is 4.90 Å². The van der Waals surface area contributed by atoms with Crippen LogP contribution in [0.15, 0.2) is 24.3 Å². The molecule has 28 heavy (non-hydrogen) atoms. The number of anilines is 1. The Balaban J connectivity index is 1.69. The summed E-state index contributed by atoms with van der Waals surface area (Å²) in [6, 6.07) is 6.54. The second-order valence-electron chi connectivity index (χ2n) is 8.67. The molecule has 5 rings (SSSR count). The molecule has 2 heterocycles. The van der Waals surface area contributed by atoms with Crippen LogP contribution in [0.2, 0.25) is 0 Å². The highest BCUT2D eigenvalue weighted by Gasteiger charge is 2.54. The molecule has 2 atom stereocenters. The van der Waals surface area contributed by atoms with E-state index in [4.69, 9.17) is 10.1 Å². The van der Waals surface area contributed by atoms with Crippen LogP contribution < -0.4 is 4.90 Å². The maximum absolute atomic E-state index is 13.4. The first-order valence-electron chi connectivity index (χ1n) is 10.6. The quantitative estimate of drug-likeness (QED) is 0.720. The summed E-state index contributed by atoms with van der Waals surface area (Å²) < 4.78 is 15.5. The molecule has 0 N–H and O–H groups in total. The minimum atomic E-state index is -0.271. The van der Waals surface area contributed by atoms with Gasteiger partial charge >= 0.3 is 0 Å². The van der Waals surface area contributed by atoms with Crippen LogP contribution in [0.3, 0.4) is 0 Å². The van der Waals surface area contributed by atoms with Crippen LogP contribution in [-0.2, 0) is 10.3 Å². The van der Waals surface area contributed by atoms with Gasteiger partial charge in [-0.3, -0.25) is 9.69 Å². The van der Waals surface area contributed by atoms with E-state index in [0.29, 0.717) is 17.7 Å². The number of aromatic nitrogens is 3. The van der Waals surface area contributed by atoms with Gasteiger partial charge in [-0.1, -0.05) is 32.1 Å². The van der Waals surface area contributed by atoms with Crippen molar-refractivity contribution in [2.24, 2.45) is 5.92 Å². The molecular formula is C22H27FN4O. The van der Waals surface area contributed by atoms with Gasteiger partial charge in [0.25, 0.3) is 0 Å². The average molecular weight is 382 g/mol. The third kappa shape index (κ3) is 2.60. The number of rotatable bonds is 1. The van der Waals surface area contributed by atoms with Crippen LogP contribution in [0.4, 0.5) is 10.3 Å². The van der Waals surface area contributed by atoms with Crippen LogP contribution in [0.25, 0.3) is 11.4 Å². The number of nitrogens with zero attached hydrogens (tertiary/aromatic N) is 4. The van der Waals surface area contributed by atoms with Gasteiger partial charge in [0.05, 0.1) is 5.54 Å². The number of carbonyl (C=O) groups excluding carboxylic acids is 1. The second-order valence-corrected chi connectivity index (χ2v) is 8.67. The fourth-order valence-corrected chi connectivity index (χ4v) is 5.95. The number of fused-ring (bicyclic) bond motifs is 4. The van der Waals surface area contributed by atoms with Crippen molar-refractivity contribution < 1.29 is 9.18 Å². The molecular weight excluding hydrogens is 355 g/mol. The third-order valence-corrected chi connectivity index (χ3v) is 7.14. The average Bonchev–Trinajstić information content (AvgIpc) is 3.15. The molecule has 0 radical (unpaired) electrons. The summed E-state index contributed by atoms with van der Waals surface area (Å²) >= 11 is 0. The molecule has 0 unspecified atom stereocenters. The smallest absolute Gasteiger partial charge is 0.231 e. The van der Waals surface area contributed by atoms with Crippen LogP contribution in [-0.4, -0.2) is 26.7 Å². The summed E-state index contributed by atoms with van der Waals surface area (Å²) in [7, 11) is 0. The molecule has 0 bridgehead atoms. The van der Waals surface area contributed by atoms with Crippen LogP contribution in [0.1, 0.15) is 64.7 Å². The Kier molecular flexibility index (Phi) is 4.25. The van der Waals surface area contributed by atoms with E-state index in [2.05, 4.69) is 4.68 Å². The molecule has 2 fully saturated rings. The molecule has 1 amide bonds. The first-order valence-corrected chi connectivity index (χ1v) is 10.6. The second kappa shape index (κ2) is 6.68. The number of hydrogen-bond acceptors (Lipinski definition) is 3. The van der Waals surface area contributed by atoms with Gasteiger partial charge in [-0.15, -0.1) is 5.10 Å². The summed E-state index contributed by atoms with van der Waals surface area (Å²) in [5.41, 5.74) is 0.761. The normalized spacial score (nSPS) is 26.0. The number of carbonyl (C=O) groups is 1. The summed E-state index contributed by atoms with van der Waals surface area (Å²) in [4.78, 5) is 19.4. The highest BCUT2D eigenvalue weighted by atomic mass is 19.1. The molecule has 148 valence electrons. The van der Waals surface area contributed by atoms with Crippen molar-refractivity contribution in [2.45, 2.75) is 76.3 Å². The van der Waals surface area contributed by atoms with Gasteiger partial charge in [0.15, 0.2) is 5.82 Å². The highest BCUT2D eigenvalue weighted by Crippen LogP contribution is 2.53. The minimum absolute atomic E-state index is 0.0318. The van der Waals surface area contributed by atoms with Gasteiger partial charge in [0.1, 0.15) is 5.82 Å². The van der Waals surface area contributed by atoms with Gasteiger partial charge < -0.3 is 0 Å². The van der Waals surface area contributed by atoms with Crippen molar-refractivity contribution in [3.63, 3.8) is 0 Å². The highest BCUT2D eigenvalue weighted by molar-refractivity contribution is 5.91. The predicted molar refractivity (Wildman–Crippen MR) is 105 cm³/mol. The number of hydrogen-bond donors (Lipinski definition) is 0. The summed E-state index contributed by atoms with van der Waals surface area (Å²) in [6.45, 7) is 1.64. The monoisotopic (exact) mass is 382 g/mol. The minimum Gasteiger partial charge on any atom is -0.278 e. The molecule has 3 aliphatic rings. The zero-order valence-electron chi connectivity index (χ0n) is 16.4. The summed E-state index contributed by atoms with van der Waals surface area (Å²) in [6.07, 6.45) is 10.5. The maximum Gasteiger partial charge on any atom is 0.231 e. The summed E-state index contributed by atoms with van der Waals surface area (Å²) in [5, 5.41) is 4.94. The Morgan fingerprint density at radius 3 is 2.50 bits per heavy atom. The molecule has 1 aliphatic heterocycles. The van der Waals surface area contributed by atoms with Crippen LogP contribution >= 0.6 is 0 Å². The van der Waals surface area contributed by atoms with Gasteiger partial charge in [-0.2, -0.15) is 4.98 Å². The Hall–Kier alpha value is -2.24. The standard InChI is InChI=1S/C22H27FN4O/c1-15(28)26-19-8-4-3-7-18(19)22(13-5-2-6-14-22)27-21(26)24-20(25-27)16-9-11-17(23)12-10-16/h9-12,18-19H,2-8,13-14H2,1H3/t18-,19+/m1/s1. The summed E-state index contributed by atoms with van der Waals surface area (Å²) in [5.74, 6) is 1.50. The van der Waals surface area contributed by atoms with E-state index in [-0.39, 0.29) is 23.3 Å². The molecule has 2 aliphatic carbocycles. The van der Waals surface area contributed by atoms with Gasteiger partial charge in [-0.05, 0) is 49.9 Å². The van der Waals surface area contributed by atoms with Gasteiger partial charge in [0.2, 0.25) is 11.9 Å². The lowest BCUT2D eigenvalue weighted by molar-refractivity contribution is -0.118. The number of benzene rings is 1. The van der Waals surface area contributed by atoms with Crippen molar-refractivity contribution in [1.29, 1.82) is 0 Å². The van der Waals surface area contributed by atoms with Crippen molar-refractivity contribution >= 4 is 11.9 Å². The van der Waals surface area contributed by atoms with Crippen molar-refractivity contribution in [3.8, 4) is 11.4 Å². The zero-order valence-corrected chi connectivity index (χ0v) is 16.4. The van der Waals surface area contributed by atoms with Crippen LogP contribution in [0.5, 0.6) is 0 Å². The maximum atomic E-state index is 13.4. The van der Waals surface area contributed by atoms with E-state index in [1.807, 2.05) is 4.90 Å². The molecule has 0 saturated heterocycles. The molecule has 5 nitrogen and oxygen atoms in total. The lowest BCUT2D eigenvalue weighted by atomic mass is 9.64. The zero-order chi connectivity index (χ0) is 19.3. The van der Waals surface area contributed by atoms with Crippen molar-refractivity contribution in [1.82, 2.24) is 14.8 Å². The van der Waals surface area contributed by atoms with Gasteiger partial charge in [-0.25, -0.2) is 9.07 Å². The molecule has 1 aromatic carbocycles. The largest absolute Gasteiger partial charge is 0.278 e. The van der Waals surface area contributed by atoms with E-state index in [1.165, 1.54) is 44.2 Å². The molecule has 2 aromatic rings. The lowest BCUT2D eigenvalue weighted by Crippen LogP contribution is -2.61. The molecule has 1 spiro atoms. The van der Waals surface area contributed by atoms with E-state index in [0.717, 1.165) is 31.2 Å². The number of halogens is 1. The lowest BCUT2D eigenvalue weighted by Gasteiger charge is -2.55. The Morgan fingerprint density at radius 2 is 1.79 bits per heavy atom. The van der Waals surface area contributed by atoms with E-state index in [1.54, 1.807) is 19.1 Å². The van der Waals surface area contributed by atoms with Crippen molar-refractivity contribution in [3.05, 3.63) is 30.1 Å². The Morgan fingerprint density at radius 1 is 1.07 bits per heavy atom. The Bertz CT molecular complexity index is 884. The topological polar surface area (TPSA) is 51.0 Å². The van der Waals surface area contributed by atoms with E-state index >= 15 is 0 Å². The fraction of sp³-hybridized carbons (Fsp3) is 0.591. The third-order valence-electron chi connectivity index (χ3n) is 7.14. The SMILES string of the molecule is CC(=O)N1c2nc(-c3ccc(F)cc3)nn2C2(CCCCC2)[C@@H]2CCCC[C@@H]21. The van der Waals surface area contributed by atoms with Crippen LogP contribution in [0, 0.1) is 11.7 Å². The molecule has 1 aromatic heterocycles. The Labute approximate surface area is 164 Å². The van der Waals surface area contributed by atoms with Gasteiger partial charge in [0, 0.05) is 24.4 Å². The van der Waals surface area contributed by atoms with E-state index in [9.17, 15) is 9.18 Å².